The first-order chi connectivity index (χ1) is 13.9. The van der Waals surface area contributed by atoms with E-state index in [2.05, 4.69) is 5.32 Å². The fraction of sp³-hybridized carbons (Fsp3) is 0.350. The maximum absolute atomic E-state index is 12.6. The van der Waals surface area contributed by atoms with Crippen LogP contribution >= 0.6 is 23.4 Å². The Balaban J connectivity index is 1.55. The summed E-state index contributed by atoms with van der Waals surface area (Å²) in [4.78, 5) is 12.6. The number of ether oxygens (including phenoxy) is 1. The van der Waals surface area contributed by atoms with Crippen LogP contribution in [0.4, 0.5) is 5.69 Å². The molecule has 1 unspecified atom stereocenters. The van der Waals surface area contributed by atoms with Crippen LogP contribution in [0.3, 0.4) is 0 Å². The number of nitrogens with one attached hydrogen (secondary N) is 1. The second-order valence-corrected chi connectivity index (χ2v) is 10.3. The molecule has 1 aliphatic heterocycles. The number of thioether (sulfide) groups is 1. The Hall–Kier alpha value is -1.58. The number of sulfonamides is 1. The van der Waals surface area contributed by atoms with Gasteiger partial charge in [-0.2, -0.15) is 4.31 Å². The molecule has 1 N–H and O–H groups in total. The Kier molecular flexibility index (Phi) is 7.59. The lowest BCUT2D eigenvalue weighted by Gasteiger charge is -2.26. The summed E-state index contributed by atoms with van der Waals surface area (Å²) in [5.74, 6) is 0.565. The maximum Gasteiger partial charge on any atom is 0.243 e. The molecule has 0 aliphatic carbocycles. The van der Waals surface area contributed by atoms with E-state index < -0.39 is 10.0 Å². The third-order valence-corrected chi connectivity index (χ3v) is 7.89. The van der Waals surface area contributed by atoms with Gasteiger partial charge in [-0.1, -0.05) is 23.7 Å². The normalized spacial score (nSPS) is 16.3. The van der Waals surface area contributed by atoms with E-state index in [9.17, 15) is 13.2 Å². The van der Waals surface area contributed by atoms with Gasteiger partial charge in [-0.3, -0.25) is 4.79 Å². The van der Waals surface area contributed by atoms with Crippen LogP contribution in [0.25, 0.3) is 0 Å². The Bertz CT molecular complexity index is 928. The zero-order valence-electron chi connectivity index (χ0n) is 16.0. The molecule has 0 bridgehead atoms. The Morgan fingerprint density at radius 3 is 2.38 bits per heavy atom. The van der Waals surface area contributed by atoms with Crippen LogP contribution in [0.2, 0.25) is 5.02 Å². The van der Waals surface area contributed by atoms with Gasteiger partial charge in [0.05, 0.1) is 23.4 Å². The highest BCUT2D eigenvalue weighted by Gasteiger charge is 2.26. The summed E-state index contributed by atoms with van der Waals surface area (Å²) in [6.45, 7) is 3.34. The van der Waals surface area contributed by atoms with E-state index in [-0.39, 0.29) is 16.1 Å². The molecule has 1 atom stereocenters. The number of hydrogen-bond acceptors (Lipinski definition) is 5. The molecule has 156 valence electrons. The minimum absolute atomic E-state index is 0.132. The van der Waals surface area contributed by atoms with Crippen molar-refractivity contribution in [2.24, 2.45) is 0 Å². The highest BCUT2D eigenvalue weighted by Crippen LogP contribution is 2.22. The topological polar surface area (TPSA) is 75.7 Å². The fourth-order valence-corrected chi connectivity index (χ4v) is 5.15. The van der Waals surface area contributed by atoms with Gasteiger partial charge < -0.3 is 10.1 Å². The predicted molar refractivity (Wildman–Crippen MR) is 117 cm³/mol. The number of nitrogens with zero attached hydrogens (tertiary/aromatic N) is 1. The lowest BCUT2D eigenvalue weighted by atomic mass is 10.2. The Morgan fingerprint density at radius 2 is 1.76 bits per heavy atom. The Labute approximate surface area is 180 Å². The molecule has 2 aromatic carbocycles. The molecule has 1 aliphatic rings. The summed E-state index contributed by atoms with van der Waals surface area (Å²) in [6.07, 6.45) is 0. The number of rotatable bonds is 7. The van der Waals surface area contributed by atoms with Gasteiger partial charge >= 0.3 is 0 Å². The molecule has 1 amide bonds. The molecule has 0 saturated carbocycles. The lowest BCUT2D eigenvalue weighted by molar-refractivity contribution is -0.115. The van der Waals surface area contributed by atoms with Crippen LogP contribution in [-0.4, -0.2) is 50.2 Å². The van der Waals surface area contributed by atoms with Gasteiger partial charge in [0.25, 0.3) is 0 Å². The molecule has 0 spiro atoms. The van der Waals surface area contributed by atoms with Gasteiger partial charge in [-0.25, -0.2) is 8.42 Å². The number of halogens is 1. The molecule has 2 aromatic rings. The first kappa shape index (κ1) is 22.1. The third-order valence-electron chi connectivity index (χ3n) is 4.51. The first-order valence-electron chi connectivity index (χ1n) is 9.21. The van der Waals surface area contributed by atoms with Crippen molar-refractivity contribution in [3.8, 4) is 0 Å². The number of carbonyl (C=O) groups is 1. The summed E-state index contributed by atoms with van der Waals surface area (Å²) in [5, 5.41) is 3.26. The number of amides is 1. The second-order valence-electron chi connectivity index (χ2n) is 6.61. The van der Waals surface area contributed by atoms with E-state index in [1.54, 1.807) is 12.1 Å². The van der Waals surface area contributed by atoms with Gasteiger partial charge in [0.2, 0.25) is 15.9 Å². The standard InChI is InChI=1S/C20H23ClN2O4S2/c1-15(28-14-16-2-4-17(21)5-3-16)20(24)22-18-6-8-19(9-7-18)29(25,26)23-10-12-27-13-11-23/h2-9,15H,10-14H2,1H3,(H,22,24). The maximum atomic E-state index is 12.6. The second kappa shape index (κ2) is 9.95. The van der Waals surface area contributed by atoms with Gasteiger partial charge in [0.1, 0.15) is 0 Å². The average Bonchev–Trinajstić information content (AvgIpc) is 2.74. The summed E-state index contributed by atoms with van der Waals surface area (Å²) in [6, 6.07) is 13.8. The summed E-state index contributed by atoms with van der Waals surface area (Å²) >= 11 is 7.40. The molecule has 1 heterocycles. The van der Waals surface area contributed by atoms with E-state index in [4.69, 9.17) is 16.3 Å². The number of anilines is 1. The monoisotopic (exact) mass is 454 g/mol. The molecule has 1 fully saturated rings. The van der Waals surface area contributed by atoms with Crippen LogP contribution in [0.5, 0.6) is 0 Å². The van der Waals surface area contributed by atoms with E-state index in [0.717, 1.165) is 5.56 Å². The van der Waals surface area contributed by atoms with E-state index in [1.165, 1.54) is 28.2 Å². The lowest BCUT2D eigenvalue weighted by Crippen LogP contribution is -2.40. The minimum Gasteiger partial charge on any atom is -0.379 e. The number of benzene rings is 2. The van der Waals surface area contributed by atoms with Gasteiger partial charge in [-0.15, -0.1) is 11.8 Å². The quantitative estimate of drug-likeness (QED) is 0.691. The molecule has 9 heteroatoms. The molecular formula is C20H23ClN2O4S2. The van der Waals surface area contributed by atoms with E-state index in [0.29, 0.717) is 42.8 Å². The summed E-state index contributed by atoms with van der Waals surface area (Å²) in [7, 11) is -3.54. The number of carbonyl (C=O) groups excluding carboxylic acids is 1. The van der Waals surface area contributed by atoms with Crippen molar-refractivity contribution in [3.63, 3.8) is 0 Å². The molecule has 0 aromatic heterocycles. The van der Waals surface area contributed by atoms with Gasteiger partial charge in [0.15, 0.2) is 0 Å². The van der Waals surface area contributed by atoms with E-state index in [1.807, 2.05) is 31.2 Å². The molecule has 3 rings (SSSR count). The largest absolute Gasteiger partial charge is 0.379 e. The smallest absolute Gasteiger partial charge is 0.243 e. The SMILES string of the molecule is CC(SCc1ccc(Cl)cc1)C(=O)Nc1ccc(S(=O)(=O)N2CCOCC2)cc1. The minimum atomic E-state index is -3.54. The van der Waals surface area contributed by atoms with Crippen LogP contribution in [-0.2, 0) is 25.3 Å². The van der Waals surface area contributed by atoms with Gasteiger partial charge in [0, 0.05) is 29.6 Å². The summed E-state index contributed by atoms with van der Waals surface area (Å²) in [5.41, 5.74) is 1.66. The van der Waals surface area contributed by atoms with Crippen molar-refractivity contribution in [1.82, 2.24) is 4.31 Å². The van der Waals surface area contributed by atoms with E-state index >= 15 is 0 Å². The molecule has 0 radical (unpaired) electrons. The zero-order valence-corrected chi connectivity index (χ0v) is 18.4. The van der Waals surface area contributed by atoms with Crippen molar-refractivity contribution < 1.29 is 17.9 Å². The molecule has 29 heavy (non-hydrogen) atoms. The molecule has 6 nitrogen and oxygen atoms in total. The van der Waals surface area contributed by atoms with Crippen molar-refractivity contribution in [3.05, 3.63) is 59.1 Å². The molecular weight excluding hydrogens is 432 g/mol. The number of hydrogen-bond donors (Lipinski definition) is 1. The molecule has 1 saturated heterocycles. The first-order valence-corrected chi connectivity index (χ1v) is 12.1. The highest BCUT2D eigenvalue weighted by molar-refractivity contribution is 7.99. The van der Waals surface area contributed by atoms with Crippen LogP contribution in [0.1, 0.15) is 12.5 Å². The van der Waals surface area contributed by atoms with Crippen molar-refractivity contribution >= 4 is 45.0 Å². The highest BCUT2D eigenvalue weighted by atomic mass is 35.5. The predicted octanol–water partition coefficient (Wildman–Crippen LogP) is 3.62. The summed E-state index contributed by atoms with van der Waals surface area (Å²) < 4.78 is 31.9. The zero-order chi connectivity index (χ0) is 20.9. The number of morpholine rings is 1. The van der Waals surface area contributed by atoms with Crippen molar-refractivity contribution in [1.29, 1.82) is 0 Å². The van der Waals surface area contributed by atoms with Gasteiger partial charge in [-0.05, 0) is 48.9 Å². The third kappa shape index (κ3) is 5.96. The Morgan fingerprint density at radius 1 is 1.14 bits per heavy atom. The van der Waals surface area contributed by atoms with Crippen molar-refractivity contribution in [2.75, 3.05) is 31.6 Å². The van der Waals surface area contributed by atoms with Crippen LogP contribution in [0, 0.1) is 0 Å². The van der Waals surface area contributed by atoms with Crippen molar-refractivity contribution in [2.45, 2.75) is 22.8 Å². The van der Waals surface area contributed by atoms with Crippen LogP contribution in [0.15, 0.2) is 53.4 Å². The fourth-order valence-electron chi connectivity index (χ4n) is 2.77. The van der Waals surface area contributed by atoms with Crippen LogP contribution < -0.4 is 5.32 Å². The average molecular weight is 455 g/mol.